The molecule has 200 valence electrons. The van der Waals surface area contributed by atoms with Gasteiger partial charge in [0.2, 0.25) is 15.9 Å². The SMILES string of the molecule is C=C(N)N=C(C)N=C(N)c1cc(C(C)(C)N2CCN(S(C)(=O)=O)CC2)cnc1Nc1ccc(OC)nc1. The smallest absolute Gasteiger partial charge is 0.213 e. The van der Waals surface area contributed by atoms with E-state index in [0.29, 0.717) is 55.0 Å². The third-order valence-corrected chi connectivity index (χ3v) is 7.47. The molecule has 0 spiro atoms. The average molecular weight is 530 g/mol. The van der Waals surface area contributed by atoms with Crippen molar-refractivity contribution in [1.82, 2.24) is 19.2 Å². The third-order valence-electron chi connectivity index (χ3n) is 6.16. The summed E-state index contributed by atoms with van der Waals surface area (Å²) in [5, 5.41) is 3.24. The van der Waals surface area contributed by atoms with Gasteiger partial charge in [-0.15, -0.1) is 0 Å². The molecule has 0 atom stereocenters. The van der Waals surface area contributed by atoms with Crippen LogP contribution in [-0.4, -0.2) is 78.8 Å². The van der Waals surface area contributed by atoms with Crippen LogP contribution >= 0.6 is 0 Å². The summed E-state index contributed by atoms with van der Waals surface area (Å²) < 4.78 is 30.5. The molecule has 5 N–H and O–H groups in total. The van der Waals surface area contributed by atoms with Crippen molar-refractivity contribution >= 4 is 33.2 Å². The molecule has 2 aromatic heterocycles. The summed E-state index contributed by atoms with van der Waals surface area (Å²) in [5.74, 6) is 1.64. The molecule has 0 unspecified atom stereocenters. The predicted molar refractivity (Wildman–Crippen MR) is 146 cm³/mol. The van der Waals surface area contributed by atoms with E-state index in [1.807, 2.05) is 12.1 Å². The van der Waals surface area contributed by atoms with E-state index >= 15 is 0 Å². The van der Waals surface area contributed by atoms with Crippen LogP contribution in [0.1, 0.15) is 31.9 Å². The lowest BCUT2D eigenvalue weighted by Crippen LogP contribution is -2.54. The van der Waals surface area contributed by atoms with Gasteiger partial charge in [-0.1, -0.05) is 6.58 Å². The van der Waals surface area contributed by atoms with Crippen LogP contribution < -0.4 is 21.5 Å². The molecule has 0 saturated carbocycles. The third kappa shape index (κ3) is 7.02. The summed E-state index contributed by atoms with van der Waals surface area (Å²) >= 11 is 0. The van der Waals surface area contributed by atoms with Gasteiger partial charge in [-0.05, 0) is 38.5 Å². The highest BCUT2D eigenvalue weighted by Crippen LogP contribution is 2.31. The molecule has 3 heterocycles. The first-order valence-corrected chi connectivity index (χ1v) is 13.5. The van der Waals surface area contributed by atoms with E-state index in [2.05, 4.69) is 50.6 Å². The van der Waals surface area contributed by atoms with Crippen molar-refractivity contribution in [3.8, 4) is 5.88 Å². The predicted octanol–water partition coefficient (Wildman–Crippen LogP) is 1.59. The normalized spacial score (nSPS) is 16.5. The number of hydrogen-bond donors (Lipinski definition) is 3. The van der Waals surface area contributed by atoms with Gasteiger partial charge in [0.15, 0.2) is 0 Å². The number of sulfonamides is 1. The number of nitrogens with two attached hydrogens (primary N) is 2. The minimum atomic E-state index is -3.22. The van der Waals surface area contributed by atoms with E-state index in [1.54, 1.807) is 32.5 Å². The zero-order valence-electron chi connectivity index (χ0n) is 21.9. The zero-order chi connectivity index (χ0) is 27.4. The number of aliphatic imine (C=N–C) groups is 2. The Morgan fingerprint density at radius 1 is 1.14 bits per heavy atom. The molecule has 12 nitrogen and oxygen atoms in total. The van der Waals surface area contributed by atoms with Crippen LogP contribution in [0.4, 0.5) is 11.5 Å². The van der Waals surface area contributed by atoms with Gasteiger partial charge in [0.05, 0.1) is 30.8 Å². The van der Waals surface area contributed by atoms with Gasteiger partial charge >= 0.3 is 0 Å². The van der Waals surface area contributed by atoms with Crippen LogP contribution in [-0.2, 0) is 15.6 Å². The number of aromatic nitrogens is 2. The van der Waals surface area contributed by atoms with Gasteiger partial charge in [0, 0.05) is 44.0 Å². The molecule has 1 fully saturated rings. The fraction of sp³-hybridized carbons (Fsp3) is 0.417. The van der Waals surface area contributed by atoms with Gasteiger partial charge in [0.1, 0.15) is 23.3 Å². The minimum Gasteiger partial charge on any atom is -0.481 e. The standard InChI is InChI=1S/C24H35N9O3S/c1-16(25)29-17(2)30-22(26)20-13-18(14-28-23(20)31-19-7-8-21(36-5)27-15-19)24(3,4)32-9-11-33(12-10-32)37(6,34)35/h7-8,13-15H,1,9-12,25H2,2-6H3,(H,28,31)(H2,26,29,30). The number of piperazine rings is 1. The van der Waals surface area contributed by atoms with Crippen LogP contribution in [0.15, 0.2) is 53.0 Å². The summed E-state index contributed by atoms with van der Waals surface area (Å²) in [6.45, 7) is 11.4. The highest BCUT2D eigenvalue weighted by molar-refractivity contribution is 7.88. The van der Waals surface area contributed by atoms with E-state index in [4.69, 9.17) is 16.2 Å². The first-order valence-electron chi connectivity index (χ1n) is 11.6. The zero-order valence-corrected chi connectivity index (χ0v) is 22.7. The number of pyridine rings is 2. The van der Waals surface area contributed by atoms with Gasteiger partial charge in [-0.2, -0.15) is 4.31 Å². The van der Waals surface area contributed by atoms with E-state index < -0.39 is 15.6 Å². The van der Waals surface area contributed by atoms with Crippen molar-refractivity contribution in [2.45, 2.75) is 26.3 Å². The highest BCUT2D eigenvalue weighted by Gasteiger charge is 2.34. The number of rotatable bonds is 8. The first-order chi connectivity index (χ1) is 17.3. The largest absolute Gasteiger partial charge is 0.481 e. The quantitative estimate of drug-likeness (QED) is 0.340. The maximum Gasteiger partial charge on any atom is 0.213 e. The molecule has 0 amide bonds. The summed E-state index contributed by atoms with van der Waals surface area (Å²) in [6, 6.07) is 5.48. The second-order valence-electron chi connectivity index (χ2n) is 9.19. The van der Waals surface area contributed by atoms with Crippen LogP contribution in [0.2, 0.25) is 0 Å². The summed E-state index contributed by atoms with van der Waals surface area (Å²) in [4.78, 5) is 19.6. The van der Waals surface area contributed by atoms with Crippen molar-refractivity contribution in [2.75, 3.05) is 44.9 Å². The molecule has 13 heteroatoms. The number of nitrogens with zero attached hydrogens (tertiary/aromatic N) is 6. The van der Waals surface area contributed by atoms with Crippen molar-refractivity contribution in [3.63, 3.8) is 0 Å². The number of amidine groups is 2. The Labute approximate surface area is 218 Å². The van der Waals surface area contributed by atoms with Crippen LogP contribution in [0, 0.1) is 0 Å². The first kappa shape index (κ1) is 28.0. The second-order valence-corrected chi connectivity index (χ2v) is 11.2. The topological polar surface area (TPSA) is 164 Å². The maximum atomic E-state index is 11.9. The molecular formula is C24H35N9O3S. The monoisotopic (exact) mass is 529 g/mol. The average Bonchev–Trinajstić information content (AvgIpc) is 2.83. The van der Waals surface area contributed by atoms with Gasteiger partial charge < -0.3 is 21.5 Å². The second kappa shape index (κ2) is 11.2. The Morgan fingerprint density at radius 2 is 1.81 bits per heavy atom. The lowest BCUT2D eigenvalue weighted by Gasteiger charge is -2.43. The highest BCUT2D eigenvalue weighted by atomic mass is 32.2. The van der Waals surface area contributed by atoms with Crippen LogP contribution in [0.5, 0.6) is 5.88 Å². The van der Waals surface area contributed by atoms with Crippen molar-refractivity contribution in [2.24, 2.45) is 21.5 Å². The van der Waals surface area contributed by atoms with E-state index in [9.17, 15) is 8.42 Å². The summed E-state index contributed by atoms with van der Waals surface area (Å²) in [7, 11) is -1.67. The number of methoxy groups -OCH3 is 1. The Balaban J connectivity index is 1.98. The Hall–Kier alpha value is -3.55. The molecule has 0 bridgehead atoms. The van der Waals surface area contributed by atoms with Crippen LogP contribution in [0.25, 0.3) is 0 Å². The molecular weight excluding hydrogens is 494 g/mol. The molecule has 2 aromatic rings. The number of anilines is 2. The summed E-state index contributed by atoms with van der Waals surface area (Å²) in [5.41, 5.74) is 13.7. The fourth-order valence-electron chi connectivity index (χ4n) is 4.03. The lowest BCUT2D eigenvalue weighted by molar-refractivity contribution is 0.0777. The molecule has 1 aliphatic rings. The molecule has 37 heavy (non-hydrogen) atoms. The number of ether oxygens (including phenoxy) is 1. The van der Waals surface area contributed by atoms with Crippen molar-refractivity contribution < 1.29 is 13.2 Å². The maximum absolute atomic E-state index is 11.9. The lowest BCUT2D eigenvalue weighted by atomic mass is 9.91. The van der Waals surface area contributed by atoms with Crippen LogP contribution in [0.3, 0.4) is 0 Å². The number of nitrogens with one attached hydrogen (secondary N) is 1. The molecule has 0 radical (unpaired) electrons. The molecule has 0 aromatic carbocycles. The fourth-order valence-corrected chi connectivity index (χ4v) is 4.86. The number of hydrogen-bond acceptors (Lipinski definition) is 9. The van der Waals surface area contributed by atoms with E-state index in [-0.39, 0.29) is 11.7 Å². The Morgan fingerprint density at radius 3 is 2.35 bits per heavy atom. The molecule has 0 aliphatic carbocycles. The molecule has 1 aliphatic heterocycles. The Bertz CT molecular complexity index is 1300. The van der Waals surface area contributed by atoms with Gasteiger partial charge in [-0.25, -0.2) is 28.4 Å². The molecule has 3 rings (SSSR count). The Kier molecular flexibility index (Phi) is 8.51. The van der Waals surface area contributed by atoms with E-state index in [0.717, 1.165) is 5.56 Å². The minimum absolute atomic E-state index is 0.123. The summed E-state index contributed by atoms with van der Waals surface area (Å²) in [6.07, 6.45) is 4.64. The van der Waals surface area contributed by atoms with Crippen molar-refractivity contribution in [3.05, 3.63) is 54.1 Å². The van der Waals surface area contributed by atoms with Gasteiger partial charge in [0.25, 0.3) is 0 Å². The van der Waals surface area contributed by atoms with E-state index in [1.165, 1.54) is 10.6 Å². The molecule has 1 saturated heterocycles. The van der Waals surface area contributed by atoms with Gasteiger partial charge in [-0.3, -0.25) is 4.90 Å². The van der Waals surface area contributed by atoms with Crippen molar-refractivity contribution in [1.29, 1.82) is 0 Å².